The summed E-state index contributed by atoms with van der Waals surface area (Å²) in [6, 6.07) is 8.42. The maximum atomic E-state index is 12.6. The van der Waals surface area contributed by atoms with Gasteiger partial charge in [0.2, 0.25) is 5.82 Å². The second-order valence-corrected chi connectivity index (χ2v) is 8.64. The van der Waals surface area contributed by atoms with Crippen molar-refractivity contribution in [1.82, 2.24) is 25.0 Å². The highest BCUT2D eigenvalue weighted by molar-refractivity contribution is 6.30. The molecule has 5 rings (SSSR count). The largest absolute Gasteiger partial charge is 0.347 e. The van der Waals surface area contributed by atoms with Crippen LogP contribution in [0.15, 0.2) is 24.3 Å². The van der Waals surface area contributed by atoms with Crippen LogP contribution in [-0.4, -0.2) is 44.7 Å². The van der Waals surface area contributed by atoms with Crippen LogP contribution in [0.3, 0.4) is 0 Å². The van der Waals surface area contributed by atoms with Crippen molar-refractivity contribution in [3.05, 3.63) is 46.5 Å². The Kier molecular flexibility index (Phi) is 4.40. The molecule has 1 aliphatic carbocycles. The molecular weight excluding hydrogens is 362 g/mol. The quantitative estimate of drug-likeness (QED) is 0.878. The zero-order chi connectivity index (χ0) is 18.4. The molecule has 2 fully saturated rings. The minimum Gasteiger partial charge on any atom is -0.347 e. The van der Waals surface area contributed by atoms with E-state index in [2.05, 4.69) is 31.0 Å². The molecule has 27 heavy (non-hydrogen) atoms. The number of benzene rings is 1. The Morgan fingerprint density at radius 2 is 2.04 bits per heavy atom. The van der Waals surface area contributed by atoms with E-state index in [1.54, 1.807) is 0 Å². The summed E-state index contributed by atoms with van der Waals surface area (Å²) in [5.74, 6) is 2.51. The highest BCUT2D eigenvalue weighted by Crippen LogP contribution is 2.33. The van der Waals surface area contributed by atoms with Gasteiger partial charge < -0.3 is 9.88 Å². The van der Waals surface area contributed by atoms with Crippen molar-refractivity contribution in [2.75, 3.05) is 13.1 Å². The maximum absolute atomic E-state index is 12.6. The Balaban J connectivity index is 1.26. The lowest BCUT2D eigenvalue weighted by Gasteiger charge is -2.28. The Morgan fingerprint density at radius 3 is 2.81 bits per heavy atom. The summed E-state index contributed by atoms with van der Waals surface area (Å²) in [7, 11) is 0. The van der Waals surface area contributed by atoms with E-state index in [1.165, 1.54) is 12.0 Å². The standard InChI is InChI=1S/C20H24ClN5O/c21-16-4-1-3-13(7-16)9-25-10-14-8-18-23-24-19(26(18)12-15(14)11-25)20(27)22-17-5-2-6-17/h1,3-4,7,14-15,17H,2,5-6,8-12H2,(H,22,27). The van der Waals surface area contributed by atoms with Crippen molar-refractivity contribution in [1.29, 1.82) is 0 Å². The normalized spacial score (nSPS) is 24.9. The number of amides is 1. The molecule has 1 aromatic heterocycles. The van der Waals surface area contributed by atoms with Crippen molar-refractivity contribution >= 4 is 17.5 Å². The second-order valence-electron chi connectivity index (χ2n) is 8.20. The molecule has 0 spiro atoms. The fraction of sp³-hybridized carbons (Fsp3) is 0.550. The molecule has 0 radical (unpaired) electrons. The number of aromatic nitrogens is 3. The monoisotopic (exact) mass is 385 g/mol. The summed E-state index contributed by atoms with van der Waals surface area (Å²) in [6.07, 6.45) is 4.27. The zero-order valence-corrected chi connectivity index (χ0v) is 16.0. The average molecular weight is 386 g/mol. The third-order valence-electron chi connectivity index (χ3n) is 6.28. The van der Waals surface area contributed by atoms with Gasteiger partial charge in [-0.2, -0.15) is 0 Å². The first-order valence-corrected chi connectivity index (χ1v) is 10.2. The van der Waals surface area contributed by atoms with Crippen LogP contribution < -0.4 is 5.32 Å². The first-order valence-electron chi connectivity index (χ1n) is 9.85. The van der Waals surface area contributed by atoms with Gasteiger partial charge in [-0.15, -0.1) is 10.2 Å². The summed E-state index contributed by atoms with van der Waals surface area (Å²) in [6.45, 7) is 3.86. The van der Waals surface area contributed by atoms with Crippen LogP contribution in [0.4, 0.5) is 0 Å². The molecule has 1 N–H and O–H groups in total. The van der Waals surface area contributed by atoms with E-state index in [0.29, 0.717) is 23.7 Å². The van der Waals surface area contributed by atoms with Crippen LogP contribution in [0.2, 0.25) is 5.02 Å². The second kappa shape index (κ2) is 6.91. The van der Waals surface area contributed by atoms with E-state index < -0.39 is 0 Å². The number of halogens is 1. The summed E-state index contributed by atoms with van der Waals surface area (Å²) < 4.78 is 2.05. The number of nitrogens with zero attached hydrogens (tertiary/aromatic N) is 4. The SMILES string of the molecule is O=C(NC1CCC1)c1nnc2n1CC1CN(Cc3cccc(Cl)c3)CC1C2. The number of rotatable bonds is 4. The van der Waals surface area contributed by atoms with Crippen LogP contribution in [-0.2, 0) is 19.5 Å². The smallest absolute Gasteiger partial charge is 0.289 e. The molecule has 6 nitrogen and oxygen atoms in total. The van der Waals surface area contributed by atoms with E-state index in [0.717, 1.165) is 56.3 Å². The third kappa shape index (κ3) is 3.36. The predicted octanol–water partition coefficient (Wildman–Crippen LogP) is 2.52. The van der Waals surface area contributed by atoms with Crippen LogP contribution in [0, 0.1) is 11.8 Å². The van der Waals surface area contributed by atoms with Crippen molar-refractivity contribution in [3.63, 3.8) is 0 Å². The summed E-state index contributed by atoms with van der Waals surface area (Å²) >= 11 is 6.12. The van der Waals surface area contributed by atoms with E-state index in [4.69, 9.17) is 11.6 Å². The van der Waals surface area contributed by atoms with Crippen LogP contribution in [0.1, 0.15) is 41.3 Å². The Hall–Kier alpha value is -1.92. The van der Waals surface area contributed by atoms with E-state index in [9.17, 15) is 4.79 Å². The molecule has 3 aliphatic rings. The number of nitrogens with one attached hydrogen (secondary N) is 1. The summed E-state index contributed by atoms with van der Waals surface area (Å²) in [4.78, 5) is 15.0. The minimum atomic E-state index is -0.0642. The van der Waals surface area contributed by atoms with Crippen molar-refractivity contribution in [2.24, 2.45) is 11.8 Å². The lowest BCUT2D eigenvalue weighted by atomic mass is 9.89. The molecule has 1 saturated heterocycles. The predicted molar refractivity (Wildman–Crippen MR) is 103 cm³/mol. The molecule has 3 heterocycles. The highest BCUT2D eigenvalue weighted by atomic mass is 35.5. The van der Waals surface area contributed by atoms with Crippen molar-refractivity contribution in [3.8, 4) is 0 Å². The molecule has 2 atom stereocenters. The molecule has 0 bridgehead atoms. The number of carbonyl (C=O) groups excluding carboxylic acids is 1. The van der Waals surface area contributed by atoms with Gasteiger partial charge in [0.15, 0.2) is 0 Å². The number of fused-ring (bicyclic) bond motifs is 2. The molecule has 142 valence electrons. The summed E-state index contributed by atoms with van der Waals surface area (Å²) in [5, 5.41) is 12.4. The van der Waals surface area contributed by atoms with Gasteiger partial charge in [0, 0.05) is 43.7 Å². The van der Waals surface area contributed by atoms with Gasteiger partial charge in [-0.3, -0.25) is 9.69 Å². The molecule has 2 unspecified atom stereocenters. The van der Waals surface area contributed by atoms with Crippen LogP contribution in [0.5, 0.6) is 0 Å². The van der Waals surface area contributed by atoms with Crippen LogP contribution in [0.25, 0.3) is 0 Å². The molecular formula is C20H24ClN5O. The maximum Gasteiger partial charge on any atom is 0.289 e. The molecule has 7 heteroatoms. The van der Waals surface area contributed by atoms with Gasteiger partial charge >= 0.3 is 0 Å². The number of hydrogen-bond acceptors (Lipinski definition) is 4. The van der Waals surface area contributed by atoms with Gasteiger partial charge in [-0.25, -0.2) is 0 Å². The van der Waals surface area contributed by atoms with Crippen LogP contribution >= 0.6 is 11.6 Å². The van der Waals surface area contributed by atoms with Gasteiger partial charge in [0.25, 0.3) is 5.91 Å². The third-order valence-corrected chi connectivity index (χ3v) is 6.52. The van der Waals surface area contributed by atoms with Crippen molar-refractivity contribution < 1.29 is 4.79 Å². The van der Waals surface area contributed by atoms with Crippen molar-refractivity contribution in [2.45, 2.75) is 44.8 Å². The number of hydrogen-bond donors (Lipinski definition) is 1. The average Bonchev–Trinajstić information content (AvgIpc) is 3.18. The first-order chi connectivity index (χ1) is 13.2. The molecule has 1 amide bonds. The van der Waals surface area contributed by atoms with E-state index in [1.807, 2.05) is 18.2 Å². The highest BCUT2D eigenvalue weighted by Gasteiger charge is 2.39. The fourth-order valence-corrected chi connectivity index (χ4v) is 4.83. The summed E-state index contributed by atoms with van der Waals surface area (Å²) in [5.41, 5.74) is 1.25. The van der Waals surface area contributed by atoms with Gasteiger partial charge in [-0.05, 0) is 48.8 Å². The Bertz CT molecular complexity index is 862. The number of likely N-dealkylation sites (tertiary alicyclic amines) is 1. The topological polar surface area (TPSA) is 63.1 Å². The molecule has 2 aliphatic heterocycles. The Morgan fingerprint density at radius 1 is 1.19 bits per heavy atom. The fourth-order valence-electron chi connectivity index (χ4n) is 4.61. The first kappa shape index (κ1) is 17.2. The van der Waals surface area contributed by atoms with Gasteiger partial charge in [0.05, 0.1) is 0 Å². The van der Waals surface area contributed by atoms with E-state index in [-0.39, 0.29) is 5.91 Å². The molecule has 1 aromatic carbocycles. The lowest BCUT2D eigenvalue weighted by molar-refractivity contribution is 0.0898. The molecule has 1 saturated carbocycles. The Labute approximate surface area is 163 Å². The van der Waals surface area contributed by atoms with Gasteiger partial charge in [0.1, 0.15) is 5.82 Å². The minimum absolute atomic E-state index is 0.0642. The number of carbonyl (C=O) groups is 1. The van der Waals surface area contributed by atoms with Gasteiger partial charge in [-0.1, -0.05) is 23.7 Å². The molecule has 2 aromatic rings. The lowest BCUT2D eigenvalue weighted by Crippen LogP contribution is -2.41. The van der Waals surface area contributed by atoms with E-state index >= 15 is 0 Å². The zero-order valence-electron chi connectivity index (χ0n) is 15.3.